The number of anilines is 1. The Morgan fingerprint density at radius 3 is 2.44 bits per heavy atom. The van der Waals surface area contributed by atoms with Gasteiger partial charge in [-0.15, -0.1) is 5.10 Å². The molecule has 7 nitrogen and oxygen atoms in total. The fraction of sp³-hybridized carbons (Fsp3) is 0.125. The summed E-state index contributed by atoms with van der Waals surface area (Å²) < 4.78 is 5.42. The van der Waals surface area contributed by atoms with Crippen molar-refractivity contribution in [1.82, 2.24) is 4.90 Å². The Labute approximate surface area is 190 Å². The first-order valence-corrected chi connectivity index (χ1v) is 10.7. The van der Waals surface area contributed by atoms with Crippen molar-refractivity contribution in [2.75, 3.05) is 19.0 Å². The molecule has 0 saturated carbocycles. The van der Waals surface area contributed by atoms with Crippen molar-refractivity contribution < 1.29 is 14.3 Å². The van der Waals surface area contributed by atoms with E-state index in [1.54, 1.807) is 47.7 Å². The van der Waals surface area contributed by atoms with Gasteiger partial charge in [-0.2, -0.15) is 5.10 Å². The molecule has 1 N–H and O–H groups in total. The molecule has 0 bridgehead atoms. The number of phenols is 1. The zero-order valence-electron chi connectivity index (χ0n) is 17.7. The van der Waals surface area contributed by atoms with Crippen molar-refractivity contribution in [2.45, 2.75) is 6.54 Å². The van der Waals surface area contributed by atoms with Crippen LogP contribution in [0.5, 0.6) is 5.75 Å². The molecule has 1 fully saturated rings. The molecule has 1 aromatic heterocycles. The highest BCUT2D eigenvalue weighted by Crippen LogP contribution is 2.34. The van der Waals surface area contributed by atoms with Crippen LogP contribution in [-0.2, 0) is 11.3 Å². The predicted molar refractivity (Wildman–Crippen MR) is 129 cm³/mol. The Morgan fingerprint density at radius 1 is 1.06 bits per heavy atom. The zero-order valence-corrected chi connectivity index (χ0v) is 18.5. The number of amides is 1. The van der Waals surface area contributed by atoms with Crippen LogP contribution in [0, 0.1) is 0 Å². The van der Waals surface area contributed by atoms with Crippen molar-refractivity contribution in [3.63, 3.8) is 0 Å². The van der Waals surface area contributed by atoms with E-state index in [9.17, 15) is 9.90 Å². The number of phenolic OH excluding ortho intramolecular Hbond substituents is 1. The highest BCUT2D eigenvalue weighted by Gasteiger charge is 2.34. The summed E-state index contributed by atoms with van der Waals surface area (Å²) in [6.07, 6.45) is 5.00. The molecule has 0 unspecified atom stereocenters. The number of aromatic hydroxyl groups is 1. The molecule has 1 amide bonds. The van der Waals surface area contributed by atoms with Gasteiger partial charge in [0.05, 0.1) is 23.9 Å². The van der Waals surface area contributed by atoms with E-state index < -0.39 is 0 Å². The minimum absolute atomic E-state index is 0.151. The number of rotatable bonds is 6. The molecule has 8 heteroatoms. The second-order valence-electron chi connectivity index (χ2n) is 7.29. The number of carbonyl (C=O) groups is 1. The van der Waals surface area contributed by atoms with E-state index in [-0.39, 0.29) is 18.2 Å². The highest BCUT2D eigenvalue weighted by molar-refractivity contribution is 8.18. The van der Waals surface area contributed by atoms with Gasteiger partial charge < -0.3 is 14.4 Å². The van der Waals surface area contributed by atoms with Gasteiger partial charge in [-0.25, -0.2) is 0 Å². The van der Waals surface area contributed by atoms with Crippen molar-refractivity contribution in [2.24, 2.45) is 10.2 Å². The summed E-state index contributed by atoms with van der Waals surface area (Å²) in [6.45, 7) is 0.267. The van der Waals surface area contributed by atoms with E-state index in [0.717, 1.165) is 16.8 Å². The van der Waals surface area contributed by atoms with Gasteiger partial charge in [0.2, 0.25) is 0 Å². The maximum absolute atomic E-state index is 13.1. The van der Waals surface area contributed by atoms with Gasteiger partial charge in [0, 0.05) is 19.8 Å². The molecule has 2 aromatic carbocycles. The lowest BCUT2D eigenvalue weighted by Crippen LogP contribution is -2.28. The van der Waals surface area contributed by atoms with Crippen molar-refractivity contribution in [3.8, 4) is 5.75 Å². The van der Waals surface area contributed by atoms with Crippen LogP contribution in [0.1, 0.15) is 16.9 Å². The summed E-state index contributed by atoms with van der Waals surface area (Å²) in [7, 11) is 3.97. The number of nitrogens with zero attached hydrogens (tertiary/aromatic N) is 4. The van der Waals surface area contributed by atoms with Crippen molar-refractivity contribution in [3.05, 3.63) is 88.7 Å². The van der Waals surface area contributed by atoms with Crippen LogP contribution in [0.15, 0.2) is 86.5 Å². The van der Waals surface area contributed by atoms with Crippen LogP contribution in [0.4, 0.5) is 5.69 Å². The molecule has 1 saturated heterocycles. The zero-order chi connectivity index (χ0) is 22.5. The van der Waals surface area contributed by atoms with E-state index in [4.69, 9.17) is 4.42 Å². The smallest absolute Gasteiger partial charge is 0.267 e. The summed E-state index contributed by atoms with van der Waals surface area (Å²) in [5.41, 5.74) is 2.80. The summed E-state index contributed by atoms with van der Waals surface area (Å²) in [4.78, 5) is 17.3. The van der Waals surface area contributed by atoms with Crippen LogP contribution in [0.2, 0.25) is 0 Å². The number of furan rings is 1. The molecule has 4 rings (SSSR count). The molecular weight excluding hydrogens is 424 g/mol. The standard InChI is InChI=1S/C24H22N4O3S/c1-27(2)19-9-5-17(6-10-19)14-22-23(30)28(16-21-4-3-13-31-21)24(32-22)26-25-15-18-7-11-20(29)12-8-18/h3-15,29H,16H2,1-2H3/b22-14-,25-15+,26-24-. The van der Waals surface area contributed by atoms with E-state index in [1.807, 2.05) is 55.4 Å². The SMILES string of the molecule is CN(C)c1ccc(/C=C2\S/C(=N\N=C\c3ccc(O)cc3)N(Cc3ccco3)C2=O)cc1. The molecule has 0 atom stereocenters. The van der Waals surface area contributed by atoms with Gasteiger partial charge in [-0.3, -0.25) is 9.69 Å². The Kier molecular flexibility index (Phi) is 6.42. The van der Waals surface area contributed by atoms with E-state index in [0.29, 0.717) is 15.8 Å². The molecule has 0 aliphatic carbocycles. The second-order valence-corrected chi connectivity index (χ2v) is 8.30. The minimum atomic E-state index is -0.151. The number of carbonyl (C=O) groups excluding carboxylic acids is 1. The Morgan fingerprint density at radius 2 is 1.78 bits per heavy atom. The second kappa shape index (κ2) is 9.57. The lowest BCUT2D eigenvalue weighted by Gasteiger charge is -2.12. The van der Waals surface area contributed by atoms with Crippen LogP contribution < -0.4 is 4.90 Å². The summed E-state index contributed by atoms with van der Waals surface area (Å²) in [5.74, 6) is 0.691. The Hall–Kier alpha value is -3.78. The van der Waals surface area contributed by atoms with Crippen molar-refractivity contribution in [1.29, 1.82) is 0 Å². The van der Waals surface area contributed by atoms with Gasteiger partial charge in [-0.1, -0.05) is 12.1 Å². The lowest BCUT2D eigenvalue weighted by atomic mass is 10.2. The maximum atomic E-state index is 13.1. The maximum Gasteiger partial charge on any atom is 0.267 e. The van der Waals surface area contributed by atoms with Gasteiger partial charge in [0.25, 0.3) is 5.91 Å². The van der Waals surface area contributed by atoms with Crippen LogP contribution in [-0.4, -0.2) is 41.4 Å². The third-order valence-electron chi connectivity index (χ3n) is 4.73. The molecule has 0 spiro atoms. The highest BCUT2D eigenvalue weighted by atomic mass is 32.2. The third kappa shape index (κ3) is 5.09. The van der Waals surface area contributed by atoms with Gasteiger partial charge in [-0.05, 0) is 77.5 Å². The van der Waals surface area contributed by atoms with Gasteiger partial charge >= 0.3 is 0 Å². The molecular formula is C24H22N4O3S. The molecule has 1 aliphatic rings. The summed E-state index contributed by atoms with van der Waals surface area (Å²) in [5, 5.41) is 18.3. The summed E-state index contributed by atoms with van der Waals surface area (Å²) >= 11 is 1.27. The van der Waals surface area contributed by atoms with Crippen LogP contribution >= 0.6 is 11.8 Å². The predicted octanol–water partition coefficient (Wildman–Crippen LogP) is 4.56. The number of hydrogen-bond acceptors (Lipinski definition) is 7. The van der Waals surface area contributed by atoms with Crippen LogP contribution in [0.25, 0.3) is 6.08 Å². The van der Waals surface area contributed by atoms with Crippen LogP contribution in [0.3, 0.4) is 0 Å². The number of benzene rings is 2. The van der Waals surface area contributed by atoms with E-state index >= 15 is 0 Å². The fourth-order valence-electron chi connectivity index (χ4n) is 3.01. The largest absolute Gasteiger partial charge is 0.508 e. The minimum Gasteiger partial charge on any atom is -0.508 e. The molecule has 3 aromatic rings. The number of hydrogen-bond donors (Lipinski definition) is 1. The van der Waals surface area contributed by atoms with E-state index in [2.05, 4.69) is 10.2 Å². The topological polar surface area (TPSA) is 81.6 Å². The monoisotopic (exact) mass is 446 g/mol. The average Bonchev–Trinajstić information content (AvgIpc) is 3.40. The third-order valence-corrected chi connectivity index (χ3v) is 5.73. The Bertz CT molecular complexity index is 1160. The molecule has 1 aliphatic heterocycles. The van der Waals surface area contributed by atoms with Crippen molar-refractivity contribution >= 4 is 40.8 Å². The fourth-order valence-corrected chi connectivity index (χ4v) is 3.94. The first kappa shape index (κ1) is 21.5. The molecule has 2 heterocycles. The molecule has 32 heavy (non-hydrogen) atoms. The number of thioether (sulfide) groups is 1. The van der Waals surface area contributed by atoms with Gasteiger partial charge in [0.1, 0.15) is 11.5 Å². The molecule has 162 valence electrons. The molecule has 0 radical (unpaired) electrons. The van der Waals surface area contributed by atoms with Gasteiger partial charge in [0.15, 0.2) is 5.17 Å². The average molecular weight is 447 g/mol. The normalized spacial score (nSPS) is 16.6. The Balaban J connectivity index is 1.59. The van der Waals surface area contributed by atoms with E-state index in [1.165, 1.54) is 11.8 Å². The first-order chi connectivity index (χ1) is 15.5. The first-order valence-electron chi connectivity index (χ1n) is 9.91. The lowest BCUT2D eigenvalue weighted by molar-refractivity contribution is -0.122. The number of amidine groups is 1. The quantitative estimate of drug-likeness (QED) is 0.341. The summed E-state index contributed by atoms with van der Waals surface area (Å²) in [6, 6.07) is 18.2.